The third-order valence-electron chi connectivity index (χ3n) is 3.12. The van der Waals surface area contributed by atoms with Crippen molar-refractivity contribution in [3.05, 3.63) is 12.2 Å². The van der Waals surface area contributed by atoms with Crippen LogP contribution < -0.4 is 0 Å². The van der Waals surface area contributed by atoms with Crippen molar-refractivity contribution in [3.63, 3.8) is 0 Å². The van der Waals surface area contributed by atoms with Crippen LogP contribution in [0.25, 0.3) is 0 Å². The molecule has 1 rings (SSSR count). The average Bonchev–Trinajstić information content (AvgIpc) is 2.56. The minimum Gasteiger partial charge on any atom is -0.469 e. The van der Waals surface area contributed by atoms with Crippen molar-refractivity contribution >= 4 is 11.8 Å². The number of ketones is 1. The quantitative estimate of drug-likeness (QED) is 0.527. The highest BCUT2D eigenvalue weighted by Crippen LogP contribution is 2.36. The molecule has 3 nitrogen and oxygen atoms in total. The van der Waals surface area contributed by atoms with E-state index in [1.165, 1.54) is 7.11 Å². The van der Waals surface area contributed by atoms with E-state index in [2.05, 4.69) is 11.3 Å². The summed E-state index contributed by atoms with van der Waals surface area (Å²) in [5, 5.41) is 0. The van der Waals surface area contributed by atoms with Gasteiger partial charge in [0.2, 0.25) is 0 Å². The van der Waals surface area contributed by atoms with Gasteiger partial charge in [-0.2, -0.15) is 0 Å². The second kappa shape index (κ2) is 5.10. The minimum absolute atomic E-state index is 0.0124. The molecule has 1 fully saturated rings. The van der Waals surface area contributed by atoms with Gasteiger partial charge < -0.3 is 4.74 Å². The van der Waals surface area contributed by atoms with E-state index in [-0.39, 0.29) is 23.6 Å². The van der Waals surface area contributed by atoms with Gasteiger partial charge in [-0.1, -0.05) is 12.2 Å². The normalized spacial score (nSPS) is 25.3. The first-order chi connectivity index (χ1) is 7.06. The Morgan fingerprint density at radius 1 is 1.60 bits per heavy atom. The molecule has 0 amide bonds. The minimum atomic E-state index is -0.241. The lowest BCUT2D eigenvalue weighted by atomic mass is 9.87. The fourth-order valence-electron chi connectivity index (χ4n) is 2.24. The summed E-state index contributed by atoms with van der Waals surface area (Å²) in [4.78, 5) is 22.6. The summed E-state index contributed by atoms with van der Waals surface area (Å²) in [6.07, 6.45) is 2.45. The molecule has 0 heterocycles. The molecule has 0 N–H and O–H groups in total. The van der Waals surface area contributed by atoms with Crippen molar-refractivity contribution in [2.75, 3.05) is 7.11 Å². The van der Waals surface area contributed by atoms with Crippen LogP contribution in [0.1, 0.15) is 32.6 Å². The number of Topliss-reactive ketones (excluding diaryl/α,β-unsaturated/α-hetero) is 1. The lowest BCUT2D eigenvalue weighted by Gasteiger charge is -2.17. The van der Waals surface area contributed by atoms with E-state index in [0.29, 0.717) is 19.3 Å². The van der Waals surface area contributed by atoms with Gasteiger partial charge in [0.15, 0.2) is 0 Å². The molecule has 0 bridgehead atoms. The summed E-state index contributed by atoms with van der Waals surface area (Å²) in [6.45, 7) is 5.85. The van der Waals surface area contributed by atoms with Gasteiger partial charge in [-0.05, 0) is 25.7 Å². The summed E-state index contributed by atoms with van der Waals surface area (Å²) in [6, 6.07) is 0. The highest BCUT2D eigenvalue weighted by Gasteiger charge is 2.34. The smallest absolute Gasteiger partial charge is 0.305 e. The lowest BCUT2D eigenvalue weighted by Crippen LogP contribution is -2.17. The Morgan fingerprint density at radius 2 is 2.27 bits per heavy atom. The van der Waals surface area contributed by atoms with Crippen LogP contribution in [-0.4, -0.2) is 18.9 Å². The molecule has 84 valence electrons. The van der Waals surface area contributed by atoms with Gasteiger partial charge in [0.05, 0.1) is 7.11 Å². The molecule has 0 aromatic carbocycles. The van der Waals surface area contributed by atoms with E-state index in [1.807, 2.05) is 6.92 Å². The highest BCUT2D eigenvalue weighted by atomic mass is 16.5. The van der Waals surface area contributed by atoms with Gasteiger partial charge in [0.25, 0.3) is 0 Å². The Morgan fingerprint density at radius 3 is 2.80 bits per heavy atom. The molecule has 0 aromatic heterocycles. The fraction of sp³-hybridized carbons (Fsp3) is 0.667. The zero-order valence-electron chi connectivity index (χ0n) is 9.41. The molecular formula is C12H18O3. The van der Waals surface area contributed by atoms with Gasteiger partial charge in [-0.15, -0.1) is 0 Å². The maximum atomic E-state index is 11.6. The number of carbonyl (C=O) groups excluding carboxylic acids is 2. The number of ether oxygens (including phenoxy) is 1. The lowest BCUT2D eigenvalue weighted by molar-refractivity contribution is -0.141. The zero-order chi connectivity index (χ0) is 11.4. The number of esters is 1. The van der Waals surface area contributed by atoms with Crippen LogP contribution in [0.4, 0.5) is 0 Å². The second-order valence-corrected chi connectivity index (χ2v) is 4.18. The average molecular weight is 210 g/mol. The SMILES string of the molecule is C=C(C)[C@@H]1CCC(=O)[C@H]1CCC(=O)OC. The summed E-state index contributed by atoms with van der Waals surface area (Å²) in [5.41, 5.74) is 1.05. The molecule has 1 aliphatic carbocycles. The number of hydrogen-bond acceptors (Lipinski definition) is 3. The first-order valence-corrected chi connectivity index (χ1v) is 5.31. The second-order valence-electron chi connectivity index (χ2n) is 4.18. The highest BCUT2D eigenvalue weighted by molar-refractivity contribution is 5.84. The largest absolute Gasteiger partial charge is 0.469 e. The van der Waals surface area contributed by atoms with E-state index in [0.717, 1.165) is 12.0 Å². The van der Waals surface area contributed by atoms with E-state index in [1.54, 1.807) is 0 Å². The number of carbonyl (C=O) groups is 2. The molecule has 1 saturated carbocycles. The number of allylic oxidation sites excluding steroid dienone is 1. The molecule has 2 atom stereocenters. The first kappa shape index (κ1) is 12.0. The standard InChI is InChI=1S/C12H18O3/c1-8(2)9-4-6-11(13)10(9)5-7-12(14)15-3/h9-10H,1,4-7H2,2-3H3/t9-,10-/m0/s1. The van der Waals surface area contributed by atoms with Crippen LogP contribution >= 0.6 is 0 Å². The van der Waals surface area contributed by atoms with E-state index in [4.69, 9.17) is 0 Å². The molecule has 0 saturated heterocycles. The number of rotatable bonds is 4. The fourth-order valence-corrected chi connectivity index (χ4v) is 2.24. The van der Waals surface area contributed by atoms with Crippen LogP contribution in [0.15, 0.2) is 12.2 Å². The third-order valence-corrected chi connectivity index (χ3v) is 3.12. The summed E-state index contributed by atoms with van der Waals surface area (Å²) < 4.78 is 4.57. The molecule has 0 aliphatic heterocycles. The Hall–Kier alpha value is -1.12. The zero-order valence-corrected chi connectivity index (χ0v) is 9.41. The van der Waals surface area contributed by atoms with Crippen molar-refractivity contribution in [2.24, 2.45) is 11.8 Å². The molecule has 1 aliphatic rings. The van der Waals surface area contributed by atoms with Crippen LogP contribution in [0, 0.1) is 11.8 Å². The molecule has 3 heteroatoms. The maximum absolute atomic E-state index is 11.6. The first-order valence-electron chi connectivity index (χ1n) is 5.31. The molecule has 0 radical (unpaired) electrons. The molecule has 15 heavy (non-hydrogen) atoms. The molecule has 0 aromatic rings. The summed E-state index contributed by atoms with van der Waals surface area (Å²) in [7, 11) is 1.37. The van der Waals surface area contributed by atoms with Crippen molar-refractivity contribution < 1.29 is 14.3 Å². The third kappa shape index (κ3) is 2.91. The monoisotopic (exact) mass is 210 g/mol. The van der Waals surface area contributed by atoms with Crippen molar-refractivity contribution in [1.82, 2.24) is 0 Å². The van der Waals surface area contributed by atoms with E-state index >= 15 is 0 Å². The Kier molecular flexibility index (Phi) is 4.06. The van der Waals surface area contributed by atoms with Crippen LogP contribution in [0.3, 0.4) is 0 Å². The Balaban J connectivity index is 2.53. The Labute approximate surface area is 90.5 Å². The van der Waals surface area contributed by atoms with Crippen LogP contribution in [-0.2, 0) is 14.3 Å². The van der Waals surface area contributed by atoms with Crippen LogP contribution in [0.2, 0.25) is 0 Å². The summed E-state index contributed by atoms with van der Waals surface area (Å²) in [5.74, 6) is 0.283. The molecule has 0 spiro atoms. The predicted octanol–water partition coefficient (Wildman–Crippen LogP) is 2.11. The van der Waals surface area contributed by atoms with Gasteiger partial charge in [-0.3, -0.25) is 9.59 Å². The maximum Gasteiger partial charge on any atom is 0.305 e. The number of methoxy groups -OCH3 is 1. The van der Waals surface area contributed by atoms with Crippen molar-refractivity contribution in [2.45, 2.75) is 32.6 Å². The van der Waals surface area contributed by atoms with E-state index in [9.17, 15) is 9.59 Å². The topological polar surface area (TPSA) is 43.4 Å². The van der Waals surface area contributed by atoms with Gasteiger partial charge >= 0.3 is 5.97 Å². The van der Waals surface area contributed by atoms with Crippen molar-refractivity contribution in [3.8, 4) is 0 Å². The van der Waals surface area contributed by atoms with Crippen molar-refractivity contribution in [1.29, 1.82) is 0 Å². The molecular weight excluding hydrogens is 192 g/mol. The van der Waals surface area contributed by atoms with Gasteiger partial charge in [0, 0.05) is 18.8 Å². The number of hydrogen-bond donors (Lipinski definition) is 0. The van der Waals surface area contributed by atoms with E-state index < -0.39 is 0 Å². The van der Waals surface area contributed by atoms with Gasteiger partial charge in [0.1, 0.15) is 5.78 Å². The molecule has 0 unspecified atom stereocenters. The predicted molar refractivity (Wildman–Crippen MR) is 57.3 cm³/mol. The Bertz CT molecular complexity index is 281. The van der Waals surface area contributed by atoms with Gasteiger partial charge in [-0.25, -0.2) is 0 Å². The van der Waals surface area contributed by atoms with Crippen LogP contribution in [0.5, 0.6) is 0 Å². The summed E-state index contributed by atoms with van der Waals surface area (Å²) >= 11 is 0.